The highest BCUT2D eigenvalue weighted by molar-refractivity contribution is 6.08. The van der Waals surface area contributed by atoms with E-state index in [2.05, 4.69) is 6.92 Å². The first-order chi connectivity index (χ1) is 14.5. The highest BCUT2D eigenvalue weighted by atomic mass is 16.5. The van der Waals surface area contributed by atoms with Crippen molar-refractivity contribution in [2.45, 2.75) is 65.5 Å². The zero-order chi connectivity index (χ0) is 21.5. The van der Waals surface area contributed by atoms with Gasteiger partial charge in [-0.2, -0.15) is 0 Å². The summed E-state index contributed by atoms with van der Waals surface area (Å²) in [6, 6.07) is 7.61. The number of anilines is 1. The number of aryl methyl sites for hydroxylation is 1. The summed E-state index contributed by atoms with van der Waals surface area (Å²) in [6.45, 7) is 7.74. The lowest BCUT2D eigenvalue weighted by molar-refractivity contribution is 0.0501. The molecule has 0 bridgehead atoms. The maximum atomic E-state index is 12.9. The number of nitrogen functional groups attached to an aromatic ring is 1. The zero-order valence-corrected chi connectivity index (χ0v) is 18.2. The zero-order valence-electron chi connectivity index (χ0n) is 18.2. The fraction of sp³-hybridized carbons (Fsp3) is 0.522. The number of unbranched alkanes of at least 4 members (excludes halogenated alkanes) is 3. The van der Waals surface area contributed by atoms with Crippen LogP contribution in [0.5, 0.6) is 0 Å². The van der Waals surface area contributed by atoms with Crippen molar-refractivity contribution >= 4 is 34.0 Å². The number of hydrogen-bond acceptors (Lipinski definition) is 6. The number of esters is 1. The molecule has 3 aromatic rings. The van der Waals surface area contributed by atoms with E-state index < -0.39 is 5.97 Å². The first-order valence-electron chi connectivity index (χ1n) is 10.9. The van der Waals surface area contributed by atoms with Gasteiger partial charge in [0.15, 0.2) is 5.65 Å². The molecule has 0 aliphatic rings. The monoisotopic (exact) mass is 412 g/mol. The van der Waals surface area contributed by atoms with E-state index in [0.29, 0.717) is 42.3 Å². The lowest BCUT2D eigenvalue weighted by atomic mass is 10.2. The van der Waals surface area contributed by atoms with E-state index in [9.17, 15) is 4.79 Å². The van der Waals surface area contributed by atoms with Crippen LogP contribution in [0.3, 0.4) is 0 Å². The van der Waals surface area contributed by atoms with Gasteiger partial charge in [-0.3, -0.25) is 0 Å². The van der Waals surface area contributed by atoms with Gasteiger partial charge < -0.3 is 19.8 Å². The number of benzene rings is 1. The lowest BCUT2D eigenvalue weighted by Crippen LogP contribution is -2.12. The summed E-state index contributed by atoms with van der Waals surface area (Å²) in [5, 5.41) is 0. The van der Waals surface area contributed by atoms with Crippen LogP contribution in [0.1, 0.15) is 63.2 Å². The molecule has 0 amide bonds. The molecule has 162 valence electrons. The van der Waals surface area contributed by atoms with Crippen molar-refractivity contribution in [1.82, 2.24) is 14.5 Å². The normalized spacial score (nSPS) is 11.6. The Bertz CT molecular complexity index is 997. The predicted molar refractivity (Wildman–Crippen MR) is 120 cm³/mol. The fourth-order valence-corrected chi connectivity index (χ4v) is 3.45. The summed E-state index contributed by atoms with van der Waals surface area (Å²) >= 11 is 0. The maximum Gasteiger partial charge on any atom is 0.344 e. The summed E-state index contributed by atoms with van der Waals surface area (Å²) in [4.78, 5) is 22.3. The average Bonchev–Trinajstić information content (AvgIpc) is 2.99. The second-order valence-electron chi connectivity index (χ2n) is 7.77. The number of para-hydroxylation sites is 2. The Hall–Kier alpha value is -2.67. The van der Waals surface area contributed by atoms with Gasteiger partial charge in [0.25, 0.3) is 0 Å². The van der Waals surface area contributed by atoms with Crippen LogP contribution in [0.15, 0.2) is 24.3 Å². The van der Waals surface area contributed by atoms with Crippen LogP contribution in [-0.4, -0.2) is 39.8 Å². The van der Waals surface area contributed by atoms with Crippen LogP contribution >= 0.6 is 0 Å². The third-order valence-corrected chi connectivity index (χ3v) is 5.00. The molecule has 0 atom stereocenters. The number of ether oxygens (including phenoxy) is 2. The summed E-state index contributed by atoms with van der Waals surface area (Å²) < 4.78 is 13.0. The Kier molecular flexibility index (Phi) is 7.63. The first kappa shape index (κ1) is 22.0. The number of hydrogen-bond donors (Lipinski definition) is 1. The van der Waals surface area contributed by atoms with Crippen molar-refractivity contribution in [2.75, 3.05) is 18.9 Å². The van der Waals surface area contributed by atoms with Crippen LogP contribution in [0.25, 0.3) is 22.2 Å². The number of nitrogens with two attached hydrogens (primary N) is 1. The standard InChI is InChI=1S/C23H32N4O3/c1-4-5-6-9-14-30-23(28)19-20-22(26-18-12-8-7-11-17(18)25-20)27(21(19)24)13-10-15-29-16(2)3/h7-8,11-12,16H,4-6,9-10,13-15,24H2,1-3H3. The van der Waals surface area contributed by atoms with Crippen LogP contribution in [0.2, 0.25) is 0 Å². The van der Waals surface area contributed by atoms with Gasteiger partial charge in [-0.05, 0) is 38.8 Å². The molecule has 7 heteroatoms. The minimum atomic E-state index is -0.434. The molecule has 0 saturated carbocycles. The van der Waals surface area contributed by atoms with Gasteiger partial charge in [0, 0.05) is 13.2 Å². The molecule has 2 aromatic heterocycles. The third kappa shape index (κ3) is 5.08. The molecular weight excluding hydrogens is 380 g/mol. The Morgan fingerprint density at radius 2 is 1.80 bits per heavy atom. The van der Waals surface area contributed by atoms with Gasteiger partial charge in [0.05, 0.1) is 23.7 Å². The van der Waals surface area contributed by atoms with Crippen LogP contribution in [0, 0.1) is 0 Å². The van der Waals surface area contributed by atoms with Gasteiger partial charge in [-0.1, -0.05) is 38.3 Å². The van der Waals surface area contributed by atoms with Crippen LogP contribution in [0.4, 0.5) is 5.82 Å². The summed E-state index contributed by atoms with van der Waals surface area (Å²) in [7, 11) is 0. The average molecular weight is 413 g/mol. The highest BCUT2D eigenvalue weighted by Gasteiger charge is 2.25. The van der Waals surface area contributed by atoms with E-state index in [4.69, 9.17) is 25.2 Å². The Morgan fingerprint density at radius 3 is 2.50 bits per heavy atom. The molecule has 0 aliphatic carbocycles. The number of nitrogens with zero attached hydrogens (tertiary/aromatic N) is 3. The van der Waals surface area contributed by atoms with Gasteiger partial charge >= 0.3 is 5.97 Å². The van der Waals surface area contributed by atoms with E-state index in [1.54, 1.807) is 0 Å². The highest BCUT2D eigenvalue weighted by Crippen LogP contribution is 2.29. The van der Waals surface area contributed by atoms with E-state index in [1.165, 1.54) is 0 Å². The van der Waals surface area contributed by atoms with Crippen molar-refractivity contribution in [3.05, 3.63) is 29.8 Å². The second kappa shape index (κ2) is 10.4. The maximum absolute atomic E-state index is 12.9. The van der Waals surface area contributed by atoms with Crippen LogP contribution in [-0.2, 0) is 16.0 Å². The van der Waals surface area contributed by atoms with Gasteiger partial charge in [0.1, 0.15) is 16.9 Å². The number of carbonyl (C=O) groups is 1. The second-order valence-corrected chi connectivity index (χ2v) is 7.77. The Morgan fingerprint density at radius 1 is 1.07 bits per heavy atom. The molecule has 0 fully saturated rings. The van der Waals surface area contributed by atoms with Crippen LogP contribution < -0.4 is 5.73 Å². The molecule has 0 spiro atoms. The SMILES string of the molecule is CCCCCCOC(=O)c1c(N)n(CCCOC(C)C)c2nc3ccccc3nc12. The number of rotatable bonds is 11. The van der Waals surface area contributed by atoms with Crippen molar-refractivity contribution in [1.29, 1.82) is 0 Å². The molecule has 7 nitrogen and oxygen atoms in total. The smallest absolute Gasteiger partial charge is 0.344 e. The Balaban J connectivity index is 1.91. The molecule has 1 aromatic carbocycles. The summed E-state index contributed by atoms with van der Waals surface area (Å²) in [5.74, 6) is -0.0841. The van der Waals surface area contributed by atoms with Gasteiger partial charge in [0.2, 0.25) is 0 Å². The number of aromatic nitrogens is 3. The molecule has 0 radical (unpaired) electrons. The topological polar surface area (TPSA) is 92.3 Å². The number of carbonyl (C=O) groups excluding carboxylic acids is 1. The molecule has 0 saturated heterocycles. The molecule has 0 aliphatic heterocycles. The Labute approximate surface area is 177 Å². The summed E-state index contributed by atoms with van der Waals surface area (Å²) in [6.07, 6.45) is 5.09. The minimum absolute atomic E-state index is 0.172. The van der Waals surface area contributed by atoms with Gasteiger partial charge in [-0.25, -0.2) is 14.8 Å². The van der Waals surface area contributed by atoms with Crippen molar-refractivity contribution in [3.63, 3.8) is 0 Å². The largest absolute Gasteiger partial charge is 0.462 e. The van der Waals surface area contributed by atoms with Gasteiger partial charge in [-0.15, -0.1) is 0 Å². The fourth-order valence-electron chi connectivity index (χ4n) is 3.45. The minimum Gasteiger partial charge on any atom is -0.462 e. The van der Waals surface area contributed by atoms with E-state index in [0.717, 1.165) is 43.1 Å². The van der Waals surface area contributed by atoms with Crippen molar-refractivity contribution < 1.29 is 14.3 Å². The molecule has 2 heterocycles. The molecular formula is C23H32N4O3. The molecule has 30 heavy (non-hydrogen) atoms. The summed E-state index contributed by atoms with van der Waals surface area (Å²) in [5.41, 5.74) is 9.31. The molecule has 3 rings (SSSR count). The van der Waals surface area contributed by atoms with Crippen molar-refractivity contribution in [2.24, 2.45) is 0 Å². The van der Waals surface area contributed by atoms with E-state index >= 15 is 0 Å². The number of fused-ring (bicyclic) bond motifs is 2. The predicted octanol–water partition coefficient (Wildman–Crippen LogP) is 4.72. The third-order valence-electron chi connectivity index (χ3n) is 5.00. The molecule has 2 N–H and O–H groups in total. The molecule has 0 unspecified atom stereocenters. The lowest BCUT2D eigenvalue weighted by Gasteiger charge is -2.10. The van der Waals surface area contributed by atoms with E-state index in [-0.39, 0.29) is 6.10 Å². The quantitative estimate of drug-likeness (QED) is 0.362. The first-order valence-corrected chi connectivity index (χ1v) is 10.9. The van der Waals surface area contributed by atoms with Crippen molar-refractivity contribution in [3.8, 4) is 0 Å². The van der Waals surface area contributed by atoms with E-state index in [1.807, 2.05) is 42.7 Å².